The van der Waals surface area contributed by atoms with Gasteiger partial charge in [0.25, 0.3) is 6.10 Å². The molecule has 5 nitrogen and oxygen atoms in total. The van der Waals surface area contributed by atoms with Crippen molar-refractivity contribution < 1.29 is 44.4 Å². The third kappa shape index (κ3) is 6.41. The Balaban J connectivity index is 1.62. The summed E-state index contributed by atoms with van der Waals surface area (Å²) in [5.74, 6) is 0.0929. The number of ether oxygens (including phenoxy) is 2. The van der Waals surface area contributed by atoms with Crippen LogP contribution in [-0.2, 0) is 21.0 Å². The average Bonchev–Trinajstić information content (AvgIpc) is 3.37. The lowest BCUT2D eigenvalue weighted by atomic mass is 10.3. The van der Waals surface area contributed by atoms with Gasteiger partial charge in [0.05, 0.1) is 17.0 Å². The van der Waals surface area contributed by atoms with Crippen molar-refractivity contribution in [1.82, 2.24) is 0 Å². The van der Waals surface area contributed by atoms with Crippen molar-refractivity contribution in [3.63, 3.8) is 0 Å². The highest BCUT2D eigenvalue weighted by Crippen LogP contribution is 2.39. The molecule has 1 saturated carbocycles. The van der Waals surface area contributed by atoms with E-state index in [2.05, 4.69) is 4.74 Å². The maximum atomic E-state index is 13.9. The smallest absolute Gasteiger partial charge is 0.432 e. The minimum Gasteiger partial charge on any atom is -0.490 e. The van der Waals surface area contributed by atoms with Gasteiger partial charge in [0.1, 0.15) is 11.5 Å². The molecular formula is C26H24F5O5S2+. The molecule has 204 valence electrons. The van der Waals surface area contributed by atoms with Gasteiger partial charge in [-0.2, -0.15) is 30.4 Å². The molecule has 38 heavy (non-hydrogen) atoms. The summed E-state index contributed by atoms with van der Waals surface area (Å²) in [6, 6.07) is 21.8. The molecule has 1 aliphatic carbocycles. The molecule has 0 saturated heterocycles. The fourth-order valence-corrected chi connectivity index (χ4v) is 6.58. The maximum Gasteiger partial charge on any atom is 0.432 e. The molecule has 1 fully saturated rings. The lowest BCUT2D eigenvalue weighted by Gasteiger charge is -2.26. The van der Waals surface area contributed by atoms with Crippen LogP contribution in [0.5, 0.6) is 11.5 Å². The summed E-state index contributed by atoms with van der Waals surface area (Å²) >= 11 is 0. The van der Waals surface area contributed by atoms with E-state index in [0.717, 1.165) is 53.4 Å². The average molecular weight is 576 g/mol. The predicted molar refractivity (Wildman–Crippen MR) is 131 cm³/mol. The maximum absolute atomic E-state index is 13.9. The minimum absolute atomic E-state index is 0.189. The Morgan fingerprint density at radius 3 is 1.71 bits per heavy atom. The summed E-state index contributed by atoms with van der Waals surface area (Å²) in [4.78, 5) is 2.43. The number of hydrogen-bond donors (Lipinski definition) is 1. The van der Waals surface area contributed by atoms with Gasteiger partial charge in [-0.25, -0.2) is 0 Å². The standard InChI is InChI=1S/C26H23F5O5S2/c27-25(28,29)24(26(30,31)38(32,33)34)36-20-12-16-23(17-13-20)37(21-8-2-1-3-9-21)22-14-10-19(11-15-22)35-18-6-4-5-7-18/h1-3,8-18,24H,4-7H2/p+1. The van der Waals surface area contributed by atoms with E-state index in [1.807, 2.05) is 54.6 Å². The normalized spacial score (nSPS) is 16.7. The molecule has 4 rings (SSSR count). The van der Waals surface area contributed by atoms with Gasteiger partial charge in [-0.05, 0) is 86.3 Å². The van der Waals surface area contributed by atoms with E-state index in [4.69, 9.17) is 9.29 Å². The lowest BCUT2D eigenvalue weighted by molar-refractivity contribution is -0.239. The van der Waals surface area contributed by atoms with E-state index in [1.54, 1.807) is 0 Å². The lowest BCUT2D eigenvalue weighted by Crippen LogP contribution is -2.53. The first kappa shape index (κ1) is 28.2. The van der Waals surface area contributed by atoms with Crippen molar-refractivity contribution in [2.45, 2.75) is 64.0 Å². The Morgan fingerprint density at radius 1 is 0.763 bits per heavy atom. The van der Waals surface area contributed by atoms with Crippen LogP contribution in [-0.4, -0.2) is 36.6 Å². The molecule has 0 aromatic heterocycles. The van der Waals surface area contributed by atoms with E-state index in [-0.39, 0.29) is 6.10 Å². The number of halogens is 5. The van der Waals surface area contributed by atoms with Crippen LogP contribution in [0, 0.1) is 0 Å². The van der Waals surface area contributed by atoms with E-state index in [9.17, 15) is 30.4 Å². The van der Waals surface area contributed by atoms with Crippen molar-refractivity contribution in [1.29, 1.82) is 0 Å². The highest BCUT2D eigenvalue weighted by atomic mass is 32.2. The van der Waals surface area contributed by atoms with Crippen molar-refractivity contribution >= 4 is 21.0 Å². The summed E-state index contributed by atoms with van der Waals surface area (Å²) in [6.45, 7) is 0. The largest absolute Gasteiger partial charge is 0.490 e. The quantitative estimate of drug-likeness (QED) is 0.171. The Hall–Kier alpha value is -2.83. The molecule has 0 bridgehead atoms. The van der Waals surface area contributed by atoms with Crippen LogP contribution in [0.3, 0.4) is 0 Å². The summed E-state index contributed by atoms with van der Waals surface area (Å²) in [5, 5.41) is -5.61. The van der Waals surface area contributed by atoms with Gasteiger partial charge in [-0.1, -0.05) is 18.2 Å². The Labute approximate surface area is 219 Å². The Bertz CT molecular complexity index is 1310. The van der Waals surface area contributed by atoms with Gasteiger partial charge in [-0.15, -0.1) is 0 Å². The molecule has 0 radical (unpaired) electrons. The van der Waals surface area contributed by atoms with Crippen LogP contribution in [0.2, 0.25) is 0 Å². The van der Waals surface area contributed by atoms with Crippen molar-refractivity contribution in [3.05, 3.63) is 78.9 Å². The highest BCUT2D eigenvalue weighted by molar-refractivity contribution is 7.97. The Morgan fingerprint density at radius 2 is 1.24 bits per heavy atom. The Kier molecular flexibility index (Phi) is 8.24. The van der Waals surface area contributed by atoms with Crippen LogP contribution >= 0.6 is 0 Å². The van der Waals surface area contributed by atoms with E-state index in [0.29, 0.717) is 4.90 Å². The summed E-state index contributed by atoms with van der Waals surface area (Å²) in [7, 11) is -7.11. The van der Waals surface area contributed by atoms with E-state index < -0.39 is 44.3 Å². The molecule has 3 aromatic carbocycles. The van der Waals surface area contributed by atoms with Crippen LogP contribution in [0.4, 0.5) is 22.0 Å². The predicted octanol–water partition coefficient (Wildman–Crippen LogP) is 6.89. The first-order valence-electron chi connectivity index (χ1n) is 11.6. The van der Waals surface area contributed by atoms with Crippen molar-refractivity contribution in [2.24, 2.45) is 0 Å². The highest BCUT2D eigenvalue weighted by Gasteiger charge is 2.65. The van der Waals surface area contributed by atoms with Crippen LogP contribution < -0.4 is 9.47 Å². The number of benzene rings is 3. The summed E-state index contributed by atoms with van der Waals surface area (Å²) < 4.78 is 108. The molecule has 1 N–H and O–H groups in total. The summed E-state index contributed by atoms with van der Waals surface area (Å²) in [5.41, 5.74) is 0. The van der Waals surface area contributed by atoms with Gasteiger partial charge in [-0.3, -0.25) is 4.55 Å². The van der Waals surface area contributed by atoms with Gasteiger partial charge >= 0.3 is 21.5 Å². The third-order valence-electron chi connectivity index (χ3n) is 5.90. The topological polar surface area (TPSA) is 72.8 Å². The van der Waals surface area contributed by atoms with Gasteiger partial charge < -0.3 is 9.47 Å². The van der Waals surface area contributed by atoms with Gasteiger partial charge in [0.15, 0.2) is 14.7 Å². The van der Waals surface area contributed by atoms with Crippen molar-refractivity contribution in [2.75, 3.05) is 0 Å². The second-order valence-corrected chi connectivity index (χ2v) is 12.2. The van der Waals surface area contributed by atoms with Gasteiger partial charge in [0.2, 0.25) is 0 Å². The van der Waals surface area contributed by atoms with E-state index in [1.165, 1.54) is 12.1 Å². The van der Waals surface area contributed by atoms with E-state index >= 15 is 0 Å². The molecule has 2 atom stereocenters. The molecule has 0 amide bonds. The molecule has 2 unspecified atom stereocenters. The molecule has 0 heterocycles. The molecule has 12 heteroatoms. The molecule has 3 aromatic rings. The minimum atomic E-state index is -6.40. The third-order valence-corrected chi connectivity index (χ3v) is 9.04. The van der Waals surface area contributed by atoms with Crippen molar-refractivity contribution in [3.8, 4) is 11.5 Å². The molecule has 1 aliphatic rings. The monoisotopic (exact) mass is 575 g/mol. The second kappa shape index (κ2) is 11.1. The first-order valence-corrected chi connectivity index (χ1v) is 14.3. The second-order valence-electron chi connectivity index (χ2n) is 8.66. The van der Waals surface area contributed by atoms with Crippen LogP contribution in [0.15, 0.2) is 93.5 Å². The SMILES string of the molecule is O=S(=O)(O)C(F)(F)C(Oc1ccc([S+](c2ccccc2)c2ccc(OC3CCCC3)cc2)cc1)C(F)(F)F. The molecular weight excluding hydrogens is 551 g/mol. The molecule has 0 spiro atoms. The molecule has 0 aliphatic heterocycles. The zero-order valence-corrected chi connectivity index (χ0v) is 21.4. The number of hydrogen-bond acceptors (Lipinski definition) is 4. The fourth-order valence-electron chi connectivity index (χ4n) is 4.07. The zero-order chi connectivity index (χ0) is 27.6. The number of alkyl halides is 5. The van der Waals surface area contributed by atoms with Crippen LogP contribution in [0.1, 0.15) is 25.7 Å². The number of rotatable bonds is 9. The van der Waals surface area contributed by atoms with Crippen LogP contribution in [0.25, 0.3) is 0 Å². The summed E-state index contributed by atoms with van der Waals surface area (Å²) in [6.07, 6.45) is -5.40. The van der Waals surface area contributed by atoms with Gasteiger partial charge in [0, 0.05) is 0 Å². The first-order chi connectivity index (χ1) is 17.9. The zero-order valence-electron chi connectivity index (χ0n) is 19.8. The fraction of sp³-hybridized carbons (Fsp3) is 0.308.